The number of hydrogen-bond donors (Lipinski definition) is 2. The summed E-state index contributed by atoms with van der Waals surface area (Å²) in [5.41, 5.74) is 2.11. The van der Waals surface area contributed by atoms with Crippen LogP contribution in [0.4, 0.5) is 15.8 Å². The van der Waals surface area contributed by atoms with Gasteiger partial charge in [-0.15, -0.1) is 0 Å². The first kappa shape index (κ1) is 19.3. The normalized spacial score (nSPS) is 11.5. The number of amides is 2. The first-order valence-corrected chi connectivity index (χ1v) is 8.34. The molecular weight excluding hydrogens is 335 g/mol. The molecule has 0 aliphatic rings. The number of anilines is 2. The third-order valence-electron chi connectivity index (χ3n) is 3.95. The summed E-state index contributed by atoms with van der Waals surface area (Å²) in [6, 6.07) is 12.5. The van der Waals surface area contributed by atoms with E-state index >= 15 is 0 Å². The molecule has 2 aromatic carbocycles. The predicted octanol–water partition coefficient (Wildman–Crippen LogP) is 3.56. The van der Waals surface area contributed by atoms with Crippen LogP contribution in [-0.4, -0.2) is 17.6 Å². The molecule has 5 nitrogen and oxygen atoms in total. The van der Waals surface area contributed by atoms with E-state index in [0.717, 1.165) is 12.0 Å². The Morgan fingerprint density at radius 3 is 2.00 bits per heavy atom. The molecular formula is C20H21FN2O3. The molecule has 0 heterocycles. The number of carbonyl (C=O) groups is 3. The minimum absolute atomic E-state index is 0.266. The minimum Gasteiger partial charge on any atom is -0.326 e. The first-order valence-electron chi connectivity index (χ1n) is 8.34. The first-order chi connectivity index (χ1) is 12.4. The molecule has 2 rings (SSSR count). The fourth-order valence-corrected chi connectivity index (χ4v) is 2.40. The van der Waals surface area contributed by atoms with Crippen molar-refractivity contribution in [2.45, 2.75) is 26.7 Å². The smallest absolute Gasteiger partial charge is 0.235 e. The zero-order chi connectivity index (χ0) is 19.1. The quantitative estimate of drug-likeness (QED) is 0.745. The van der Waals surface area contributed by atoms with Gasteiger partial charge in [0.1, 0.15) is 17.5 Å². The van der Waals surface area contributed by atoms with Crippen LogP contribution < -0.4 is 10.6 Å². The molecule has 0 saturated heterocycles. The molecule has 0 spiro atoms. The van der Waals surface area contributed by atoms with Crippen LogP contribution in [0.15, 0.2) is 48.5 Å². The number of Topliss-reactive ketones (excluding diaryl/α,β-unsaturated/α-hetero) is 1. The number of halogens is 1. The highest BCUT2D eigenvalue weighted by molar-refractivity contribution is 6.09. The van der Waals surface area contributed by atoms with Crippen LogP contribution in [0.2, 0.25) is 0 Å². The van der Waals surface area contributed by atoms with Crippen LogP contribution in [0, 0.1) is 11.7 Å². The van der Waals surface area contributed by atoms with Crippen LogP contribution >= 0.6 is 0 Å². The molecule has 0 fully saturated rings. The van der Waals surface area contributed by atoms with Crippen LogP contribution in [0.5, 0.6) is 0 Å². The minimum atomic E-state index is -1.12. The monoisotopic (exact) mass is 356 g/mol. The van der Waals surface area contributed by atoms with Gasteiger partial charge in [-0.1, -0.05) is 19.1 Å². The Morgan fingerprint density at radius 2 is 1.46 bits per heavy atom. The van der Waals surface area contributed by atoms with Gasteiger partial charge in [-0.05, 0) is 55.3 Å². The van der Waals surface area contributed by atoms with Crippen LogP contribution in [0.1, 0.15) is 25.8 Å². The third-order valence-corrected chi connectivity index (χ3v) is 3.95. The van der Waals surface area contributed by atoms with E-state index in [1.165, 1.54) is 31.2 Å². The number of ketones is 1. The van der Waals surface area contributed by atoms with Gasteiger partial charge in [0.05, 0.1) is 0 Å². The van der Waals surface area contributed by atoms with E-state index in [-0.39, 0.29) is 6.42 Å². The highest BCUT2D eigenvalue weighted by Crippen LogP contribution is 2.15. The van der Waals surface area contributed by atoms with Crippen molar-refractivity contribution in [2.75, 3.05) is 10.6 Å². The number of nitrogens with one attached hydrogen (secondary N) is 2. The molecule has 0 aliphatic heterocycles. The highest BCUT2D eigenvalue weighted by Gasteiger charge is 2.26. The summed E-state index contributed by atoms with van der Waals surface area (Å²) in [4.78, 5) is 36.3. The van der Waals surface area contributed by atoms with Gasteiger partial charge in [0.2, 0.25) is 11.8 Å². The molecule has 6 heteroatoms. The number of rotatable bonds is 7. The van der Waals surface area contributed by atoms with Crippen molar-refractivity contribution in [1.29, 1.82) is 0 Å². The van der Waals surface area contributed by atoms with Crippen molar-refractivity contribution in [2.24, 2.45) is 5.92 Å². The largest absolute Gasteiger partial charge is 0.326 e. The van der Waals surface area contributed by atoms with E-state index < -0.39 is 29.3 Å². The van der Waals surface area contributed by atoms with Crippen molar-refractivity contribution < 1.29 is 18.8 Å². The van der Waals surface area contributed by atoms with Crippen LogP contribution in [-0.2, 0) is 20.8 Å². The van der Waals surface area contributed by atoms with Crippen molar-refractivity contribution in [1.82, 2.24) is 0 Å². The fraction of sp³-hybridized carbons (Fsp3) is 0.250. The fourth-order valence-electron chi connectivity index (χ4n) is 2.40. The lowest BCUT2D eigenvalue weighted by molar-refractivity contribution is -0.133. The van der Waals surface area contributed by atoms with Gasteiger partial charge in [0, 0.05) is 17.8 Å². The average molecular weight is 356 g/mol. The maximum atomic E-state index is 12.9. The van der Waals surface area contributed by atoms with E-state index in [1.807, 2.05) is 19.1 Å². The second-order valence-corrected chi connectivity index (χ2v) is 5.96. The van der Waals surface area contributed by atoms with Gasteiger partial charge in [-0.3, -0.25) is 14.4 Å². The van der Waals surface area contributed by atoms with Gasteiger partial charge in [-0.25, -0.2) is 4.39 Å². The molecule has 1 atom stereocenters. The van der Waals surface area contributed by atoms with Crippen molar-refractivity contribution >= 4 is 29.0 Å². The molecule has 0 radical (unpaired) electrons. The van der Waals surface area contributed by atoms with Crippen molar-refractivity contribution in [3.05, 3.63) is 59.9 Å². The molecule has 0 aliphatic carbocycles. The van der Waals surface area contributed by atoms with Crippen molar-refractivity contribution in [3.63, 3.8) is 0 Å². The summed E-state index contributed by atoms with van der Waals surface area (Å²) in [5, 5.41) is 5.21. The molecule has 2 amide bonds. The molecule has 0 unspecified atom stereocenters. The second kappa shape index (κ2) is 8.89. The Bertz CT molecular complexity index is 786. The van der Waals surface area contributed by atoms with E-state index in [9.17, 15) is 18.8 Å². The highest BCUT2D eigenvalue weighted by atomic mass is 19.1. The predicted molar refractivity (Wildman–Crippen MR) is 98.3 cm³/mol. The second-order valence-electron chi connectivity index (χ2n) is 5.96. The molecule has 0 bridgehead atoms. The maximum Gasteiger partial charge on any atom is 0.235 e. The summed E-state index contributed by atoms with van der Waals surface area (Å²) in [6.07, 6.45) is 0.627. The summed E-state index contributed by atoms with van der Waals surface area (Å²) < 4.78 is 12.9. The Balaban J connectivity index is 1.99. The molecule has 0 saturated carbocycles. The number of hydrogen-bond acceptors (Lipinski definition) is 3. The molecule has 2 aromatic rings. The zero-order valence-corrected chi connectivity index (χ0v) is 14.7. The Hall–Kier alpha value is -3.02. The summed E-state index contributed by atoms with van der Waals surface area (Å²) in [6.45, 7) is 3.29. The summed E-state index contributed by atoms with van der Waals surface area (Å²) >= 11 is 0. The SMILES string of the molecule is CCc1ccc(NC(=O)C[C@H](C(C)=O)C(=O)Nc2ccc(F)cc2)cc1. The van der Waals surface area contributed by atoms with Gasteiger partial charge in [0.15, 0.2) is 0 Å². The number of carbonyl (C=O) groups excluding carboxylic acids is 3. The lowest BCUT2D eigenvalue weighted by atomic mass is 9.99. The topological polar surface area (TPSA) is 75.3 Å². The van der Waals surface area contributed by atoms with Crippen LogP contribution in [0.3, 0.4) is 0 Å². The third kappa shape index (κ3) is 5.51. The Kier molecular flexibility index (Phi) is 6.60. The van der Waals surface area contributed by atoms with Gasteiger partial charge in [-0.2, -0.15) is 0 Å². The molecule has 0 aromatic heterocycles. The molecule has 2 N–H and O–H groups in total. The summed E-state index contributed by atoms with van der Waals surface area (Å²) in [7, 11) is 0. The number of benzene rings is 2. The maximum absolute atomic E-state index is 12.9. The lowest BCUT2D eigenvalue weighted by Crippen LogP contribution is -2.32. The van der Waals surface area contributed by atoms with Crippen molar-refractivity contribution in [3.8, 4) is 0 Å². The zero-order valence-electron chi connectivity index (χ0n) is 14.7. The standard InChI is InChI=1S/C20H21FN2O3/c1-3-14-4-8-16(9-5-14)22-19(25)12-18(13(2)24)20(26)23-17-10-6-15(21)7-11-17/h4-11,18H,3,12H2,1-2H3,(H,22,25)(H,23,26)/t18-/m1/s1. The van der Waals surface area contributed by atoms with Gasteiger partial charge in [0.25, 0.3) is 0 Å². The lowest BCUT2D eigenvalue weighted by Gasteiger charge is -2.14. The molecule has 26 heavy (non-hydrogen) atoms. The number of aryl methyl sites for hydroxylation is 1. The Morgan fingerprint density at radius 1 is 0.923 bits per heavy atom. The van der Waals surface area contributed by atoms with Crippen LogP contribution in [0.25, 0.3) is 0 Å². The average Bonchev–Trinajstić information content (AvgIpc) is 2.62. The van der Waals surface area contributed by atoms with Gasteiger partial charge < -0.3 is 10.6 Å². The van der Waals surface area contributed by atoms with Gasteiger partial charge >= 0.3 is 0 Å². The van der Waals surface area contributed by atoms with E-state index in [1.54, 1.807) is 12.1 Å². The molecule has 136 valence electrons. The van der Waals surface area contributed by atoms with E-state index in [4.69, 9.17) is 0 Å². The van der Waals surface area contributed by atoms with E-state index in [2.05, 4.69) is 10.6 Å². The Labute approximate surface area is 151 Å². The van der Waals surface area contributed by atoms with E-state index in [0.29, 0.717) is 11.4 Å². The summed E-state index contributed by atoms with van der Waals surface area (Å²) in [5.74, 6) is -2.99.